The Morgan fingerprint density at radius 3 is 2.07 bits per heavy atom. The maximum absolute atomic E-state index is 12.7. The predicted molar refractivity (Wildman–Crippen MR) is 97.4 cm³/mol. The minimum atomic E-state index is -1.57. The Bertz CT molecular complexity index is 766. The van der Waals surface area contributed by atoms with Crippen molar-refractivity contribution in [2.45, 2.75) is 38.7 Å². The highest BCUT2D eigenvalue weighted by Crippen LogP contribution is 2.52. The number of benzene rings is 1. The number of ketones is 3. The molecule has 0 spiro atoms. The number of hydrogen-bond donors (Lipinski definition) is 1. The van der Waals surface area contributed by atoms with Crippen LogP contribution in [0.5, 0.6) is 17.2 Å². The van der Waals surface area contributed by atoms with Crippen LogP contribution in [0.2, 0.25) is 0 Å². The van der Waals surface area contributed by atoms with Crippen LogP contribution < -0.4 is 14.2 Å². The van der Waals surface area contributed by atoms with Gasteiger partial charge in [-0.25, -0.2) is 0 Å². The molecule has 2 rings (SSSR count). The van der Waals surface area contributed by atoms with Crippen molar-refractivity contribution in [3.05, 3.63) is 17.7 Å². The third-order valence-corrected chi connectivity index (χ3v) is 5.24. The highest BCUT2D eigenvalue weighted by atomic mass is 16.5. The van der Waals surface area contributed by atoms with E-state index in [0.29, 0.717) is 17.1 Å². The molecule has 148 valence electrons. The molecule has 7 heteroatoms. The number of hydrogen-bond acceptors (Lipinski definition) is 7. The van der Waals surface area contributed by atoms with E-state index in [2.05, 4.69) is 0 Å². The molecule has 1 fully saturated rings. The van der Waals surface area contributed by atoms with Crippen LogP contribution in [-0.4, -0.2) is 49.4 Å². The van der Waals surface area contributed by atoms with Crippen molar-refractivity contribution >= 4 is 17.3 Å². The van der Waals surface area contributed by atoms with E-state index in [1.54, 1.807) is 12.1 Å². The predicted octanol–water partition coefficient (Wildman–Crippen LogP) is 1.93. The lowest BCUT2D eigenvalue weighted by Crippen LogP contribution is -2.54. The summed E-state index contributed by atoms with van der Waals surface area (Å²) in [5, 5.41) is 10.8. The molecule has 1 N–H and O–H groups in total. The summed E-state index contributed by atoms with van der Waals surface area (Å²) >= 11 is 0. The van der Waals surface area contributed by atoms with E-state index in [4.69, 9.17) is 14.2 Å². The average Bonchev–Trinajstić information content (AvgIpc) is 2.57. The molecule has 1 aliphatic carbocycles. The van der Waals surface area contributed by atoms with E-state index in [0.717, 1.165) is 0 Å². The number of aliphatic hydroxyl groups is 1. The third kappa shape index (κ3) is 3.56. The van der Waals surface area contributed by atoms with Gasteiger partial charge in [-0.1, -0.05) is 6.07 Å². The van der Waals surface area contributed by atoms with Crippen molar-refractivity contribution < 1.29 is 33.7 Å². The lowest BCUT2D eigenvalue weighted by Gasteiger charge is -2.44. The van der Waals surface area contributed by atoms with Gasteiger partial charge in [0, 0.05) is 17.9 Å². The highest BCUT2D eigenvalue weighted by molar-refractivity contribution is 6.05. The molecule has 7 nitrogen and oxygen atoms in total. The zero-order valence-electron chi connectivity index (χ0n) is 16.5. The lowest BCUT2D eigenvalue weighted by molar-refractivity contribution is -0.151. The second kappa shape index (κ2) is 7.68. The van der Waals surface area contributed by atoms with Crippen LogP contribution in [0.3, 0.4) is 0 Å². The van der Waals surface area contributed by atoms with Crippen molar-refractivity contribution in [1.29, 1.82) is 0 Å². The number of rotatable bonds is 6. The molecular weight excluding hydrogens is 352 g/mol. The second-order valence-electron chi connectivity index (χ2n) is 7.13. The van der Waals surface area contributed by atoms with Crippen LogP contribution in [0.25, 0.3) is 0 Å². The smallest absolute Gasteiger partial charge is 0.203 e. The Hall–Kier alpha value is -2.41. The minimum Gasteiger partial charge on any atom is -0.493 e. The normalized spacial score (nSPS) is 27.8. The summed E-state index contributed by atoms with van der Waals surface area (Å²) < 4.78 is 16.2. The van der Waals surface area contributed by atoms with Crippen LogP contribution in [0.4, 0.5) is 0 Å². The molecule has 4 atom stereocenters. The van der Waals surface area contributed by atoms with Gasteiger partial charge in [0.05, 0.1) is 38.8 Å². The van der Waals surface area contributed by atoms with Crippen LogP contribution in [0, 0.1) is 11.8 Å². The fourth-order valence-electron chi connectivity index (χ4n) is 4.27. The van der Waals surface area contributed by atoms with E-state index in [9.17, 15) is 19.5 Å². The van der Waals surface area contributed by atoms with E-state index >= 15 is 0 Å². The van der Waals surface area contributed by atoms with E-state index in [1.165, 1.54) is 42.1 Å². The van der Waals surface area contributed by atoms with Gasteiger partial charge in [0.1, 0.15) is 17.3 Å². The first-order chi connectivity index (χ1) is 12.6. The fraction of sp³-hybridized carbons (Fsp3) is 0.550. The maximum atomic E-state index is 12.7. The van der Waals surface area contributed by atoms with Crippen molar-refractivity contribution in [2.75, 3.05) is 21.3 Å². The molecule has 1 aromatic rings. The van der Waals surface area contributed by atoms with Crippen molar-refractivity contribution in [3.63, 3.8) is 0 Å². The van der Waals surface area contributed by atoms with Gasteiger partial charge in [0.2, 0.25) is 5.75 Å². The lowest BCUT2D eigenvalue weighted by atomic mass is 9.59. The molecule has 0 bridgehead atoms. The minimum absolute atomic E-state index is 0.256. The van der Waals surface area contributed by atoms with Gasteiger partial charge in [0.15, 0.2) is 11.5 Å². The SMILES string of the molecule is COc1ccc(C2C(C(C)=O)C(=O)CC(C)(O)C2C(C)=O)c(OC)c1OC. The first-order valence-corrected chi connectivity index (χ1v) is 8.65. The van der Waals surface area contributed by atoms with E-state index in [-0.39, 0.29) is 23.7 Å². The van der Waals surface area contributed by atoms with Crippen LogP contribution in [-0.2, 0) is 14.4 Å². The van der Waals surface area contributed by atoms with Gasteiger partial charge >= 0.3 is 0 Å². The Labute approximate surface area is 158 Å². The number of carbonyl (C=O) groups excluding carboxylic acids is 3. The number of Topliss-reactive ketones (excluding diaryl/α,β-unsaturated/α-hetero) is 3. The van der Waals surface area contributed by atoms with Gasteiger partial charge in [-0.3, -0.25) is 14.4 Å². The Morgan fingerprint density at radius 1 is 1.04 bits per heavy atom. The van der Waals surface area contributed by atoms with Gasteiger partial charge in [-0.2, -0.15) is 0 Å². The molecule has 0 radical (unpaired) electrons. The summed E-state index contributed by atoms with van der Waals surface area (Å²) in [4.78, 5) is 37.5. The van der Waals surface area contributed by atoms with Crippen LogP contribution in [0.1, 0.15) is 38.7 Å². The molecule has 4 unspecified atom stereocenters. The van der Waals surface area contributed by atoms with E-state index < -0.39 is 29.1 Å². The van der Waals surface area contributed by atoms with Crippen LogP contribution in [0.15, 0.2) is 12.1 Å². The second-order valence-corrected chi connectivity index (χ2v) is 7.13. The average molecular weight is 378 g/mol. The first kappa shape index (κ1) is 20.9. The maximum Gasteiger partial charge on any atom is 0.203 e. The fourth-order valence-corrected chi connectivity index (χ4v) is 4.27. The summed E-state index contributed by atoms with van der Waals surface area (Å²) in [6.45, 7) is 4.12. The largest absolute Gasteiger partial charge is 0.493 e. The van der Waals surface area contributed by atoms with Crippen molar-refractivity contribution in [2.24, 2.45) is 11.8 Å². The molecule has 0 aromatic heterocycles. The molecule has 0 amide bonds. The standard InChI is InChI=1S/C20H26O7/c1-10(21)15-13(23)9-20(3,24)17(11(2)22)16(15)12-7-8-14(25-4)19(27-6)18(12)26-5/h7-8,15-17,24H,9H2,1-6H3. The summed E-state index contributed by atoms with van der Waals surface area (Å²) in [6, 6.07) is 3.27. The summed E-state index contributed by atoms with van der Waals surface area (Å²) in [5.74, 6) is -2.96. The summed E-state index contributed by atoms with van der Waals surface area (Å²) in [6.07, 6.45) is -0.256. The van der Waals surface area contributed by atoms with Crippen LogP contribution >= 0.6 is 0 Å². The molecule has 1 saturated carbocycles. The summed E-state index contributed by atoms with van der Waals surface area (Å²) in [5.41, 5.74) is -1.12. The number of ether oxygens (including phenoxy) is 3. The molecule has 0 aliphatic heterocycles. The Balaban J connectivity index is 2.81. The quantitative estimate of drug-likeness (QED) is 0.755. The monoisotopic (exact) mass is 378 g/mol. The van der Waals surface area contributed by atoms with E-state index in [1.807, 2.05) is 0 Å². The van der Waals surface area contributed by atoms with Gasteiger partial charge in [-0.05, 0) is 26.8 Å². The topological polar surface area (TPSA) is 99.1 Å². The molecule has 1 aromatic carbocycles. The number of methoxy groups -OCH3 is 3. The molecule has 0 saturated heterocycles. The first-order valence-electron chi connectivity index (χ1n) is 8.65. The van der Waals surface area contributed by atoms with Gasteiger partial charge in [0.25, 0.3) is 0 Å². The van der Waals surface area contributed by atoms with Crippen molar-refractivity contribution in [1.82, 2.24) is 0 Å². The Kier molecular flexibility index (Phi) is 5.94. The molecule has 27 heavy (non-hydrogen) atoms. The zero-order valence-corrected chi connectivity index (χ0v) is 16.5. The molecule has 0 heterocycles. The van der Waals surface area contributed by atoms with Crippen molar-refractivity contribution in [3.8, 4) is 17.2 Å². The third-order valence-electron chi connectivity index (χ3n) is 5.24. The summed E-state index contributed by atoms with van der Waals surface area (Å²) in [7, 11) is 4.34. The molecular formula is C20H26O7. The molecule has 1 aliphatic rings. The number of carbonyl (C=O) groups is 3. The Morgan fingerprint density at radius 2 is 1.63 bits per heavy atom. The highest BCUT2D eigenvalue weighted by Gasteiger charge is 2.54. The van der Waals surface area contributed by atoms with Gasteiger partial charge in [-0.15, -0.1) is 0 Å². The van der Waals surface area contributed by atoms with Gasteiger partial charge < -0.3 is 19.3 Å². The zero-order chi connectivity index (χ0) is 20.5.